The standard InChI is InChI=1S/C20H28N2O/c1-15-12-16(8-11-21(15)2)19(23)22-13-17-6-3-4-7-18(17)20(14-22)9-5-10-20/h3-4,6-7,15-16H,5,8-14H2,1-2H3/t15-,16-/m0/s1. The minimum atomic E-state index is 0.226. The average Bonchev–Trinajstić information content (AvgIpc) is 2.54. The number of nitrogens with zero attached hydrogens (tertiary/aromatic N) is 2. The van der Waals surface area contributed by atoms with Gasteiger partial charge in [0, 0.05) is 30.5 Å². The molecule has 1 amide bonds. The van der Waals surface area contributed by atoms with E-state index in [4.69, 9.17) is 0 Å². The van der Waals surface area contributed by atoms with Crippen LogP contribution in [-0.2, 0) is 16.8 Å². The molecule has 1 aliphatic carbocycles. The van der Waals surface area contributed by atoms with Gasteiger partial charge in [-0.1, -0.05) is 30.7 Å². The highest BCUT2D eigenvalue weighted by atomic mass is 16.2. The fraction of sp³-hybridized carbons (Fsp3) is 0.650. The zero-order valence-corrected chi connectivity index (χ0v) is 14.4. The Morgan fingerprint density at radius 2 is 2.04 bits per heavy atom. The second kappa shape index (κ2) is 5.62. The van der Waals surface area contributed by atoms with Gasteiger partial charge in [0.15, 0.2) is 0 Å². The minimum Gasteiger partial charge on any atom is -0.337 e. The molecule has 4 rings (SSSR count). The summed E-state index contributed by atoms with van der Waals surface area (Å²) in [7, 11) is 2.17. The van der Waals surface area contributed by atoms with Crippen LogP contribution in [0.1, 0.15) is 50.2 Å². The summed E-state index contributed by atoms with van der Waals surface area (Å²) in [6, 6.07) is 9.33. The first-order valence-corrected chi connectivity index (χ1v) is 9.16. The van der Waals surface area contributed by atoms with Crippen LogP contribution in [0.15, 0.2) is 24.3 Å². The van der Waals surface area contributed by atoms with Crippen LogP contribution in [0, 0.1) is 5.92 Å². The van der Waals surface area contributed by atoms with Gasteiger partial charge in [-0.2, -0.15) is 0 Å². The molecular weight excluding hydrogens is 284 g/mol. The van der Waals surface area contributed by atoms with Crippen LogP contribution in [0.4, 0.5) is 0 Å². The summed E-state index contributed by atoms with van der Waals surface area (Å²) < 4.78 is 0. The molecule has 3 aliphatic rings. The Bertz CT molecular complexity index is 607. The smallest absolute Gasteiger partial charge is 0.226 e. The van der Waals surface area contributed by atoms with E-state index < -0.39 is 0 Å². The molecule has 1 saturated heterocycles. The van der Waals surface area contributed by atoms with Crippen molar-refractivity contribution in [1.29, 1.82) is 0 Å². The van der Waals surface area contributed by atoms with E-state index >= 15 is 0 Å². The first kappa shape index (κ1) is 15.2. The molecule has 0 unspecified atom stereocenters. The highest BCUT2D eigenvalue weighted by Gasteiger charge is 2.46. The van der Waals surface area contributed by atoms with Crippen LogP contribution in [0.2, 0.25) is 0 Å². The molecule has 0 N–H and O–H groups in total. The minimum absolute atomic E-state index is 0.226. The summed E-state index contributed by atoms with van der Waals surface area (Å²) in [5.74, 6) is 0.634. The normalized spacial score (nSPS) is 29.9. The molecule has 2 atom stereocenters. The molecule has 124 valence electrons. The second-order valence-electron chi connectivity index (χ2n) is 8.04. The van der Waals surface area contributed by atoms with Crippen molar-refractivity contribution < 1.29 is 4.79 Å². The van der Waals surface area contributed by atoms with Crippen molar-refractivity contribution in [2.24, 2.45) is 5.92 Å². The lowest BCUT2D eigenvalue weighted by molar-refractivity contribution is -0.140. The fourth-order valence-corrected chi connectivity index (χ4v) is 4.85. The van der Waals surface area contributed by atoms with Crippen LogP contribution in [-0.4, -0.2) is 41.9 Å². The summed E-state index contributed by atoms with van der Waals surface area (Å²) in [5.41, 5.74) is 3.17. The third-order valence-electron chi connectivity index (χ3n) is 6.62. The molecule has 0 aromatic heterocycles. The molecule has 0 radical (unpaired) electrons. The second-order valence-corrected chi connectivity index (χ2v) is 8.04. The van der Waals surface area contributed by atoms with E-state index in [0.717, 1.165) is 32.5 Å². The van der Waals surface area contributed by atoms with Crippen molar-refractivity contribution >= 4 is 5.91 Å². The van der Waals surface area contributed by atoms with Crippen LogP contribution in [0.3, 0.4) is 0 Å². The summed E-state index contributed by atoms with van der Waals surface area (Å²) in [6.07, 6.45) is 5.84. The summed E-state index contributed by atoms with van der Waals surface area (Å²) >= 11 is 0. The Hall–Kier alpha value is -1.35. The number of piperidine rings is 1. The predicted octanol–water partition coefficient (Wildman–Crippen LogP) is 3.18. The van der Waals surface area contributed by atoms with Gasteiger partial charge in [0.2, 0.25) is 5.91 Å². The molecule has 2 heterocycles. The van der Waals surface area contributed by atoms with E-state index in [1.165, 1.54) is 30.4 Å². The van der Waals surface area contributed by atoms with E-state index in [1.54, 1.807) is 0 Å². The van der Waals surface area contributed by atoms with Crippen molar-refractivity contribution in [3.05, 3.63) is 35.4 Å². The third kappa shape index (κ3) is 2.50. The number of rotatable bonds is 1. The Morgan fingerprint density at radius 1 is 1.26 bits per heavy atom. The topological polar surface area (TPSA) is 23.6 Å². The highest BCUT2D eigenvalue weighted by molar-refractivity contribution is 5.79. The van der Waals surface area contributed by atoms with Crippen LogP contribution in [0.5, 0.6) is 0 Å². The Balaban J connectivity index is 1.55. The zero-order valence-electron chi connectivity index (χ0n) is 14.4. The molecule has 0 bridgehead atoms. The highest BCUT2D eigenvalue weighted by Crippen LogP contribution is 2.48. The molecular formula is C20H28N2O. The zero-order chi connectivity index (χ0) is 16.0. The first-order valence-electron chi connectivity index (χ1n) is 9.16. The van der Waals surface area contributed by atoms with Gasteiger partial charge >= 0.3 is 0 Å². The van der Waals surface area contributed by atoms with Gasteiger partial charge in [0.1, 0.15) is 0 Å². The number of benzene rings is 1. The van der Waals surface area contributed by atoms with E-state index in [2.05, 4.69) is 48.0 Å². The molecule has 2 fully saturated rings. The number of likely N-dealkylation sites (tertiary alicyclic amines) is 1. The maximum Gasteiger partial charge on any atom is 0.226 e. The number of carbonyl (C=O) groups is 1. The van der Waals surface area contributed by atoms with Crippen molar-refractivity contribution in [2.45, 2.75) is 57.0 Å². The molecule has 3 heteroatoms. The van der Waals surface area contributed by atoms with Crippen molar-refractivity contribution in [3.8, 4) is 0 Å². The van der Waals surface area contributed by atoms with Gasteiger partial charge in [0.25, 0.3) is 0 Å². The summed E-state index contributed by atoms with van der Waals surface area (Å²) in [6.45, 7) is 5.06. The number of hydrogen-bond donors (Lipinski definition) is 0. The maximum absolute atomic E-state index is 13.2. The molecule has 1 aromatic rings. The molecule has 2 aliphatic heterocycles. The lowest BCUT2D eigenvalue weighted by Crippen LogP contribution is -2.54. The van der Waals surface area contributed by atoms with Crippen molar-refractivity contribution in [2.75, 3.05) is 20.1 Å². The quantitative estimate of drug-likeness (QED) is 0.795. The van der Waals surface area contributed by atoms with Crippen molar-refractivity contribution in [1.82, 2.24) is 9.80 Å². The van der Waals surface area contributed by atoms with Crippen LogP contribution < -0.4 is 0 Å². The Morgan fingerprint density at radius 3 is 2.74 bits per heavy atom. The van der Waals surface area contributed by atoms with Gasteiger partial charge in [-0.05, 0) is 57.3 Å². The van der Waals surface area contributed by atoms with E-state index in [-0.39, 0.29) is 11.3 Å². The van der Waals surface area contributed by atoms with Gasteiger partial charge in [-0.3, -0.25) is 4.79 Å². The van der Waals surface area contributed by atoms with Gasteiger partial charge in [0.05, 0.1) is 0 Å². The largest absolute Gasteiger partial charge is 0.337 e. The maximum atomic E-state index is 13.2. The first-order chi connectivity index (χ1) is 11.1. The Labute approximate surface area is 139 Å². The number of hydrogen-bond acceptors (Lipinski definition) is 2. The van der Waals surface area contributed by atoms with Gasteiger partial charge in [-0.25, -0.2) is 0 Å². The fourth-order valence-electron chi connectivity index (χ4n) is 4.85. The molecule has 1 saturated carbocycles. The van der Waals surface area contributed by atoms with E-state index in [9.17, 15) is 4.79 Å². The average molecular weight is 312 g/mol. The Kier molecular flexibility index (Phi) is 3.72. The van der Waals surface area contributed by atoms with Gasteiger partial charge in [-0.15, -0.1) is 0 Å². The van der Waals surface area contributed by atoms with Gasteiger partial charge < -0.3 is 9.80 Å². The number of amides is 1. The lowest BCUT2D eigenvalue weighted by Gasteiger charge is -2.51. The number of carbonyl (C=O) groups excluding carboxylic acids is 1. The monoisotopic (exact) mass is 312 g/mol. The van der Waals surface area contributed by atoms with Crippen LogP contribution >= 0.6 is 0 Å². The molecule has 23 heavy (non-hydrogen) atoms. The summed E-state index contributed by atoms with van der Waals surface area (Å²) in [5, 5.41) is 0. The van der Waals surface area contributed by atoms with Crippen LogP contribution in [0.25, 0.3) is 0 Å². The van der Waals surface area contributed by atoms with E-state index in [1.807, 2.05) is 0 Å². The predicted molar refractivity (Wildman–Crippen MR) is 92.2 cm³/mol. The SMILES string of the molecule is C[C@H]1C[C@@H](C(=O)N2Cc3ccccc3C3(CCC3)C2)CCN1C. The molecule has 3 nitrogen and oxygen atoms in total. The van der Waals surface area contributed by atoms with Crippen molar-refractivity contribution in [3.63, 3.8) is 0 Å². The molecule has 1 spiro atoms. The summed E-state index contributed by atoms with van der Waals surface area (Å²) in [4.78, 5) is 17.7. The number of fused-ring (bicyclic) bond motifs is 2. The molecule has 1 aromatic carbocycles. The third-order valence-corrected chi connectivity index (χ3v) is 6.62. The van der Waals surface area contributed by atoms with E-state index in [0.29, 0.717) is 11.9 Å². The lowest BCUT2D eigenvalue weighted by atomic mass is 9.61.